The number of hydrogen-bond acceptors (Lipinski definition) is 5. The molecular formula is C8H11N3O3. The number of pyridine rings is 1. The number of anilines is 1. The van der Waals surface area contributed by atoms with Crippen molar-refractivity contribution < 1.29 is 15.0 Å². The fourth-order valence-electron chi connectivity index (χ4n) is 0.982. The van der Waals surface area contributed by atoms with Gasteiger partial charge >= 0.3 is 0 Å². The number of aromatic nitrogens is 1. The molecule has 2 unspecified atom stereocenters. The number of rotatable bonds is 3. The number of nitrogen functional groups attached to an aromatic ring is 1. The minimum Gasteiger partial charge on any atom is -0.397 e. The van der Waals surface area contributed by atoms with E-state index >= 15 is 0 Å². The van der Waals surface area contributed by atoms with Crippen LogP contribution in [0.25, 0.3) is 0 Å². The van der Waals surface area contributed by atoms with Crippen LogP contribution >= 0.6 is 0 Å². The average Bonchev–Trinajstić information content (AvgIpc) is 2.16. The third-order valence-corrected chi connectivity index (χ3v) is 1.74. The van der Waals surface area contributed by atoms with Crippen LogP contribution in [0.4, 0.5) is 5.69 Å². The third kappa shape index (κ3) is 1.98. The molecule has 0 fully saturated rings. The summed E-state index contributed by atoms with van der Waals surface area (Å²) < 4.78 is 0. The maximum absolute atomic E-state index is 10.6. The van der Waals surface area contributed by atoms with Gasteiger partial charge in [-0.2, -0.15) is 0 Å². The minimum absolute atomic E-state index is 0.0406. The molecule has 2 atom stereocenters. The van der Waals surface area contributed by atoms with Crippen molar-refractivity contribution in [3.8, 4) is 0 Å². The summed E-state index contributed by atoms with van der Waals surface area (Å²) in [6.07, 6.45) is -1.80. The van der Waals surface area contributed by atoms with Gasteiger partial charge in [-0.25, -0.2) is 0 Å². The highest BCUT2D eigenvalue weighted by Gasteiger charge is 2.25. The monoisotopic (exact) mass is 197 g/mol. The number of amides is 1. The van der Waals surface area contributed by atoms with Gasteiger partial charge in [-0.3, -0.25) is 9.78 Å². The number of aliphatic hydroxyl groups excluding tert-OH is 2. The lowest BCUT2D eigenvalue weighted by molar-refractivity contribution is -0.132. The zero-order valence-electron chi connectivity index (χ0n) is 7.29. The van der Waals surface area contributed by atoms with Crippen molar-refractivity contribution >= 4 is 11.6 Å². The van der Waals surface area contributed by atoms with Crippen LogP contribution in [0.1, 0.15) is 11.8 Å². The van der Waals surface area contributed by atoms with Gasteiger partial charge in [0.2, 0.25) is 5.91 Å². The van der Waals surface area contributed by atoms with Crippen LogP contribution in [-0.4, -0.2) is 27.2 Å². The maximum atomic E-state index is 10.6. The van der Waals surface area contributed by atoms with E-state index in [1.54, 1.807) is 6.07 Å². The van der Waals surface area contributed by atoms with Crippen LogP contribution < -0.4 is 11.5 Å². The Balaban J connectivity index is 2.94. The van der Waals surface area contributed by atoms with Crippen molar-refractivity contribution in [1.82, 2.24) is 4.98 Å². The van der Waals surface area contributed by atoms with Crippen molar-refractivity contribution in [2.24, 2.45) is 5.73 Å². The molecule has 6 heteroatoms. The van der Waals surface area contributed by atoms with Crippen LogP contribution in [0.15, 0.2) is 18.3 Å². The molecule has 0 aliphatic carbocycles. The molecule has 0 saturated heterocycles. The first-order chi connectivity index (χ1) is 6.54. The predicted molar refractivity (Wildman–Crippen MR) is 48.8 cm³/mol. The topological polar surface area (TPSA) is 122 Å². The zero-order valence-corrected chi connectivity index (χ0v) is 7.29. The SMILES string of the molecule is NC(=O)C(O)C(O)c1ncccc1N. The Morgan fingerprint density at radius 3 is 2.64 bits per heavy atom. The van der Waals surface area contributed by atoms with E-state index in [-0.39, 0.29) is 11.4 Å². The summed E-state index contributed by atoms with van der Waals surface area (Å²) in [7, 11) is 0. The van der Waals surface area contributed by atoms with Gasteiger partial charge < -0.3 is 21.7 Å². The molecule has 0 aliphatic rings. The van der Waals surface area contributed by atoms with E-state index in [0.29, 0.717) is 0 Å². The van der Waals surface area contributed by atoms with Crippen LogP contribution in [0.2, 0.25) is 0 Å². The zero-order chi connectivity index (χ0) is 10.7. The second-order valence-electron chi connectivity index (χ2n) is 2.77. The number of nitrogens with zero attached hydrogens (tertiary/aromatic N) is 1. The summed E-state index contributed by atoms with van der Waals surface area (Å²) >= 11 is 0. The quantitative estimate of drug-likeness (QED) is 0.471. The van der Waals surface area contributed by atoms with E-state index < -0.39 is 18.1 Å². The molecule has 0 bridgehead atoms. The second kappa shape index (κ2) is 4.03. The molecule has 0 aliphatic heterocycles. The molecule has 0 radical (unpaired) electrons. The summed E-state index contributed by atoms with van der Waals surface area (Å²) in [6.45, 7) is 0. The highest BCUT2D eigenvalue weighted by Crippen LogP contribution is 2.19. The van der Waals surface area contributed by atoms with E-state index in [1.807, 2.05) is 0 Å². The normalized spacial score (nSPS) is 14.7. The lowest BCUT2D eigenvalue weighted by Gasteiger charge is -2.15. The van der Waals surface area contributed by atoms with Crippen LogP contribution in [0, 0.1) is 0 Å². The fraction of sp³-hybridized carbons (Fsp3) is 0.250. The van der Waals surface area contributed by atoms with Crippen molar-refractivity contribution in [3.05, 3.63) is 24.0 Å². The number of nitrogens with two attached hydrogens (primary N) is 2. The highest BCUT2D eigenvalue weighted by molar-refractivity contribution is 5.79. The number of hydrogen-bond donors (Lipinski definition) is 4. The van der Waals surface area contributed by atoms with E-state index in [0.717, 1.165) is 0 Å². The largest absolute Gasteiger partial charge is 0.397 e. The summed E-state index contributed by atoms with van der Waals surface area (Å²) in [6, 6.07) is 3.07. The molecule has 1 heterocycles. The van der Waals surface area contributed by atoms with Gasteiger partial charge in [-0.15, -0.1) is 0 Å². The third-order valence-electron chi connectivity index (χ3n) is 1.74. The van der Waals surface area contributed by atoms with Crippen LogP contribution in [0.5, 0.6) is 0 Å². The number of carbonyl (C=O) groups excluding carboxylic acids is 1. The Labute approximate surface area is 80.2 Å². The highest BCUT2D eigenvalue weighted by atomic mass is 16.3. The van der Waals surface area contributed by atoms with Gasteiger partial charge in [-0.05, 0) is 12.1 Å². The van der Waals surface area contributed by atoms with Gasteiger partial charge in [0.25, 0.3) is 0 Å². The first-order valence-corrected chi connectivity index (χ1v) is 3.90. The summed E-state index contributed by atoms with van der Waals surface area (Å²) in [5.74, 6) is -1.03. The first kappa shape index (κ1) is 10.4. The van der Waals surface area contributed by atoms with Crippen molar-refractivity contribution in [2.75, 3.05) is 5.73 Å². The molecule has 14 heavy (non-hydrogen) atoms. The standard InChI is InChI=1S/C8H11N3O3/c9-4-2-1-3-11-5(4)6(12)7(13)8(10)14/h1-3,6-7,12-13H,9H2,(H2,10,14). The Morgan fingerprint density at radius 1 is 1.50 bits per heavy atom. The first-order valence-electron chi connectivity index (χ1n) is 3.90. The summed E-state index contributed by atoms with van der Waals surface area (Å²) in [4.78, 5) is 14.3. The fourth-order valence-corrected chi connectivity index (χ4v) is 0.982. The van der Waals surface area contributed by atoms with Crippen LogP contribution in [0.3, 0.4) is 0 Å². The smallest absolute Gasteiger partial charge is 0.249 e. The summed E-state index contributed by atoms with van der Waals surface area (Å²) in [5.41, 5.74) is 10.5. The van der Waals surface area contributed by atoms with Crippen molar-refractivity contribution in [1.29, 1.82) is 0 Å². The Hall–Kier alpha value is -1.66. The molecule has 1 aromatic heterocycles. The lowest BCUT2D eigenvalue weighted by atomic mass is 10.1. The molecule has 0 aromatic carbocycles. The van der Waals surface area contributed by atoms with Gasteiger partial charge in [0.15, 0.2) is 6.10 Å². The number of primary amides is 1. The molecule has 1 amide bonds. The second-order valence-corrected chi connectivity index (χ2v) is 2.77. The van der Waals surface area contributed by atoms with Gasteiger partial charge in [0.05, 0.1) is 11.4 Å². The predicted octanol–water partition coefficient (Wildman–Crippen LogP) is -1.46. The average molecular weight is 197 g/mol. The molecule has 6 N–H and O–H groups in total. The molecule has 1 rings (SSSR count). The Morgan fingerprint density at radius 2 is 2.14 bits per heavy atom. The Kier molecular flexibility index (Phi) is 3.00. The molecule has 6 nitrogen and oxygen atoms in total. The molecule has 0 spiro atoms. The van der Waals surface area contributed by atoms with Gasteiger partial charge in [-0.1, -0.05) is 0 Å². The number of carbonyl (C=O) groups is 1. The molecule has 76 valence electrons. The van der Waals surface area contributed by atoms with Crippen molar-refractivity contribution in [3.63, 3.8) is 0 Å². The lowest BCUT2D eigenvalue weighted by Crippen LogP contribution is -2.34. The summed E-state index contributed by atoms with van der Waals surface area (Å²) in [5, 5.41) is 18.6. The van der Waals surface area contributed by atoms with E-state index in [1.165, 1.54) is 12.3 Å². The van der Waals surface area contributed by atoms with Crippen molar-refractivity contribution in [2.45, 2.75) is 12.2 Å². The van der Waals surface area contributed by atoms with Gasteiger partial charge in [0.1, 0.15) is 6.10 Å². The molecule has 1 aromatic rings. The minimum atomic E-state index is -1.70. The van der Waals surface area contributed by atoms with E-state index in [4.69, 9.17) is 16.6 Å². The maximum Gasteiger partial charge on any atom is 0.249 e. The molecular weight excluding hydrogens is 186 g/mol. The van der Waals surface area contributed by atoms with E-state index in [2.05, 4.69) is 4.98 Å². The van der Waals surface area contributed by atoms with E-state index in [9.17, 15) is 9.90 Å². The van der Waals surface area contributed by atoms with Crippen LogP contribution in [-0.2, 0) is 4.79 Å². The van der Waals surface area contributed by atoms with Gasteiger partial charge in [0, 0.05) is 6.20 Å². The molecule has 0 saturated carbocycles. The Bertz CT molecular complexity index is 342. The number of aliphatic hydroxyl groups is 2.